The summed E-state index contributed by atoms with van der Waals surface area (Å²) in [5, 5.41) is 2.64. The lowest BCUT2D eigenvalue weighted by Crippen LogP contribution is -2.46. The van der Waals surface area contributed by atoms with Crippen LogP contribution in [0.25, 0.3) is 0 Å². The zero-order chi connectivity index (χ0) is 18.2. The van der Waals surface area contributed by atoms with E-state index >= 15 is 0 Å². The molecule has 0 aromatic heterocycles. The molecule has 0 radical (unpaired) electrons. The Balaban J connectivity index is 1.68. The average Bonchev–Trinajstić information content (AvgIpc) is 2.65. The number of urea groups is 1. The van der Waals surface area contributed by atoms with E-state index in [-0.39, 0.29) is 17.9 Å². The topological polar surface area (TPSA) is 66.5 Å². The van der Waals surface area contributed by atoms with E-state index in [9.17, 15) is 22.0 Å². The molecule has 138 valence electrons. The number of nitrogens with one attached hydrogen (secondary N) is 1. The number of rotatable bonds is 2. The maximum absolute atomic E-state index is 13.8. The molecule has 1 saturated heterocycles. The molecule has 8 heteroatoms. The molecular formula is C17H22F2N2O3S. The predicted molar refractivity (Wildman–Crippen MR) is 89.9 cm³/mol. The van der Waals surface area contributed by atoms with E-state index in [4.69, 9.17) is 0 Å². The zero-order valence-electron chi connectivity index (χ0n) is 14.1. The third kappa shape index (κ3) is 3.23. The van der Waals surface area contributed by atoms with Gasteiger partial charge < -0.3 is 10.2 Å². The predicted octanol–water partition coefficient (Wildman–Crippen LogP) is 2.78. The molecule has 25 heavy (non-hydrogen) atoms. The quantitative estimate of drug-likeness (QED) is 0.868. The Hall–Kier alpha value is -1.70. The molecule has 0 unspecified atom stereocenters. The van der Waals surface area contributed by atoms with Crippen molar-refractivity contribution >= 4 is 15.9 Å². The number of carbonyl (C=O) groups is 1. The lowest BCUT2D eigenvalue weighted by Gasteiger charge is -2.39. The number of hydrogen-bond donors (Lipinski definition) is 1. The minimum absolute atomic E-state index is 0.0525. The van der Waals surface area contributed by atoms with Crippen molar-refractivity contribution in [2.45, 2.75) is 43.4 Å². The number of nitrogens with zero attached hydrogens (tertiary/aromatic N) is 1. The zero-order valence-corrected chi connectivity index (χ0v) is 14.9. The van der Waals surface area contributed by atoms with Gasteiger partial charge >= 0.3 is 6.03 Å². The average molecular weight is 372 g/mol. The first-order valence-electron chi connectivity index (χ1n) is 8.47. The van der Waals surface area contributed by atoms with Crippen LogP contribution in [-0.4, -0.2) is 42.9 Å². The molecule has 2 aliphatic rings. The van der Waals surface area contributed by atoms with E-state index in [0.717, 1.165) is 12.5 Å². The van der Waals surface area contributed by atoms with E-state index < -0.39 is 38.3 Å². The summed E-state index contributed by atoms with van der Waals surface area (Å²) in [5.74, 6) is -2.00. The minimum atomic E-state index is -3.21. The molecule has 1 aliphatic heterocycles. The van der Waals surface area contributed by atoms with Crippen LogP contribution in [0, 0.1) is 11.6 Å². The highest BCUT2D eigenvalue weighted by atomic mass is 32.2. The first kappa shape index (κ1) is 18.1. The second-order valence-corrected chi connectivity index (χ2v) is 9.41. The number of benzene rings is 1. The van der Waals surface area contributed by atoms with Crippen LogP contribution >= 0.6 is 0 Å². The standard InChI is InChI=1S/C17H22F2N2O3S/c1-12(13-4-2-5-14(18)15(13)19)20-16(22)21-9-8-17(6-3-7-17)25(23,24)11-10-21/h2,4-5,12H,3,6-11H2,1H3,(H,20,22)/t12-/m0/s1. The highest BCUT2D eigenvalue weighted by Gasteiger charge is 2.49. The SMILES string of the molecule is C[C@H](NC(=O)N1CCC2(CCC2)S(=O)(=O)CC1)c1cccc(F)c1F. The van der Waals surface area contributed by atoms with Gasteiger partial charge in [0.25, 0.3) is 0 Å². The number of sulfone groups is 1. The van der Waals surface area contributed by atoms with E-state index in [1.807, 2.05) is 0 Å². The molecule has 1 saturated carbocycles. The van der Waals surface area contributed by atoms with Gasteiger partial charge in [0.2, 0.25) is 0 Å². The van der Waals surface area contributed by atoms with Crippen molar-refractivity contribution in [1.82, 2.24) is 10.2 Å². The van der Waals surface area contributed by atoms with Crippen molar-refractivity contribution < 1.29 is 22.0 Å². The van der Waals surface area contributed by atoms with Gasteiger partial charge in [-0.1, -0.05) is 18.6 Å². The molecular weight excluding hydrogens is 350 g/mol. The second kappa shape index (κ2) is 6.55. The second-order valence-electron chi connectivity index (χ2n) is 6.91. The summed E-state index contributed by atoms with van der Waals surface area (Å²) in [7, 11) is -3.21. The summed E-state index contributed by atoms with van der Waals surface area (Å²) < 4.78 is 51.4. The van der Waals surface area contributed by atoms with Crippen LogP contribution in [0.15, 0.2) is 18.2 Å². The Morgan fingerprint density at radius 2 is 1.96 bits per heavy atom. The van der Waals surface area contributed by atoms with Gasteiger partial charge in [-0.25, -0.2) is 22.0 Å². The van der Waals surface area contributed by atoms with Gasteiger partial charge in [-0.2, -0.15) is 0 Å². The first-order chi connectivity index (χ1) is 11.8. The monoisotopic (exact) mass is 372 g/mol. The summed E-state index contributed by atoms with van der Waals surface area (Å²) in [5.41, 5.74) is 0.0613. The molecule has 2 fully saturated rings. The van der Waals surface area contributed by atoms with E-state index in [0.29, 0.717) is 25.8 Å². The third-order valence-electron chi connectivity index (χ3n) is 5.47. The van der Waals surface area contributed by atoms with Crippen LogP contribution in [0.3, 0.4) is 0 Å². The molecule has 1 N–H and O–H groups in total. The normalized spacial score (nSPS) is 22.8. The van der Waals surface area contributed by atoms with Crippen molar-refractivity contribution in [3.05, 3.63) is 35.4 Å². The lowest BCUT2D eigenvalue weighted by molar-refractivity contribution is 0.192. The van der Waals surface area contributed by atoms with Crippen molar-refractivity contribution in [2.24, 2.45) is 0 Å². The van der Waals surface area contributed by atoms with Crippen molar-refractivity contribution in [2.75, 3.05) is 18.8 Å². The fourth-order valence-electron chi connectivity index (χ4n) is 3.60. The highest BCUT2D eigenvalue weighted by Crippen LogP contribution is 2.43. The number of carbonyl (C=O) groups excluding carboxylic acids is 1. The first-order valence-corrected chi connectivity index (χ1v) is 10.1. The Morgan fingerprint density at radius 1 is 1.24 bits per heavy atom. The van der Waals surface area contributed by atoms with Crippen molar-refractivity contribution in [3.8, 4) is 0 Å². The van der Waals surface area contributed by atoms with Crippen LogP contribution < -0.4 is 5.32 Å². The third-order valence-corrected chi connectivity index (χ3v) is 8.12. The molecule has 0 bridgehead atoms. The molecule has 1 spiro atoms. The minimum Gasteiger partial charge on any atom is -0.331 e. The molecule has 1 aromatic rings. The molecule has 1 heterocycles. The molecule has 2 amide bonds. The van der Waals surface area contributed by atoms with E-state index in [1.165, 1.54) is 17.0 Å². The van der Waals surface area contributed by atoms with Gasteiger partial charge in [0, 0.05) is 18.7 Å². The summed E-state index contributed by atoms with van der Waals surface area (Å²) in [6.07, 6.45) is 2.66. The van der Waals surface area contributed by atoms with Gasteiger partial charge in [-0.15, -0.1) is 0 Å². The fourth-order valence-corrected chi connectivity index (χ4v) is 5.80. The number of amides is 2. The van der Waals surface area contributed by atoms with Crippen LogP contribution in [0.2, 0.25) is 0 Å². The Kier molecular flexibility index (Phi) is 4.74. The maximum atomic E-state index is 13.8. The summed E-state index contributed by atoms with van der Waals surface area (Å²) in [6, 6.07) is 2.64. The smallest absolute Gasteiger partial charge is 0.317 e. The van der Waals surface area contributed by atoms with E-state index in [2.05, 4.69) is 5.32 Å². The molecule has 5 nitrogen and oxygen atoms in total. The van der Waals surface area contributed by atoms with Gasteiger partial charge in [0.15, 0.2) is 21.5 Å². The summed E-state index contributed by atoms with van der Waals surface area (Å²) in [4.78, 5) is 13.9. The maximum Gasteiger partial charge on any atom is 0.317 e. The van der Waals surface area contributed by atoms with Crippen LogP contribution in [0.4, 0.5) is 13.6 Å². The van der Waals surface area contributed by atoms with Crippen LogP contribution in [0.5, 0.6) is 0 Å². The van der Waals surface area contributed by atoms with Gasteiger partial charge in [-0.3, -0.25) is 0 Å². The van der Waals surface area contributed by atoms with Crippen LogP contribution in [0.1, 0.15) is 44.2 Å². The van der Waals surface area contributed by atoms with Gasteiger partial charge in [0.05, 0.1) is 16.5 Å². The number of hydrogen-bond acceptors (Lipinski definition) is 3. The van der Waals surface area contributed by atoms with Crippen LogP contribution in [-0.2, 0) is 9.84 Å². The molecule has 3 rings (SSSR count). The largest absolute Gasteiger partial charge is 0.331 e. The molecule has 1 aromatic carbocycles. The molecule has 1 aliphatic carbocycles. The van der Waals surface area contributed by atoms with Crippen molar-refractivity contribution in [1.29, 1.82) is 0 Å². The Labute approximate surface area is 146 Å². The highest BCUT2D eigenvalue weighted by molar-refractivity contribution is 7.92. The number of halogens is 2. The Bertz CT molecular complexity index is 778. The Morgan fingerprint density at radius 3 is 2.60 bits per heavy atom. The lowest BCUT2D eigenvalue weighted by atomic mass is 9.81. The summed E-state index contributed by atoms with van der Waals surface area (Å²) in [6.45, 7) is 2.04. The molecule has 1 atom stereocenters. The van der Waals surface area contributed by atoms with Gasteiger partial charge in [0.1, 0.15) is 0 Å². The van der Waals surface area contributed by atoms with E-state index in [1.54, 1.807) is 6.92 Å². The van der Waals surface area contributed by atoms with Gasteiger partial charge in [-0.05, 0) is 32.3 Å². The summed E-state index contributed by atoms with van der Waals surface area (Å²) >= 11 is 0. The van der Waals surface area contributed by atoms with Crippen molar-refractivity contribution in [3.63, 3.8) is 0 Å². The fraction of sp³-hybridized carbons (Fsp3) is 0.588.